The molecular formula is C34H42IN3O3. The predicted octanol–water partition coefficient (Wildman–Crippen LogP) is 5.00. The molecule has 0 heterocycles. The molecule has 0 saturated carbocycles. The van der Waals surface area contributed by atoms with Gasteiger partial charge in [0.25, 0.3) is 0 Å². The fourth-order valence-electron chi connectivity index (χ4n) is 5.60. The zero-order chi connectivity index (χ0) is 29.8. The highest BCUT2D eigenvalue weighted by molar-refractivity contribution is 14.1. The van der Waals surface area contributed by atoms with Gasteiger partial charge in [0, 0.05) is 46.8 Å². The van der Waals surface area contributed by atoms with E-state index in [2.05, 4.69) is 45.8 Å². The number of nitrogens with zero attached hydrogens (tertiary/aromatic N) is 1. The van der Waals surface area contributed by atoms with Crippen LogP contribution in [0, 0.1) is 26.7 Å². The fraction of sp³-hybridized carbons (Fsp3) is 0.412. The van der Waals surface area contributed by atoms with Gasteiger partial charge in [0.1, 0.15) is 0 Å². The minimum atomic E-state index is -1.30. The third-order valence-corrected chi connectivity index (χ3v) is 8.17. The molecule has 1 aliphatic carbocycles. The predicted molar refractivity (Wildman–Crippen MR) is 174 cm³/mol. The third-order valence-electron chi connectivity index (χ3n) is 7.50. The van der Waals surface area contributed by atoms with Crippen LogP contribution < -0.4 is 11.1 Å². The second-order valence-electron chi connectivity index (χ2n) is 10.6. The molecule has 7 heteroatoms. The number of hydrogen-bond donors (Lipinski definition) is 3. The Kier molecular flexibility index (Phi) is 12.6. The van der Waals surface area contributed by atoms with Crippen LogP contribution in [0.3, 0.4) is 0 Å². The van der Waals surface area contributed by atoms with Crippen molar-refractivity contribution >= 4 is 34.4 Å². The first-order valence-electron chi connectivity index (χ1n) is 14.4. The van der Waals surface area contributed by atoms with E-state index in [0.717, 1.165) is 27.5 Å². The monoisotopic (exact) mass is 667 g/mol. The van der Waals surface area contributed by atoms with Crippen molar-refractivity contribution in [3.8, 4) is 11.8 Å². The molecule has 2 amide bonds. The summed E-state index contributed by atoms with van der Waals surface area (Å²) in [6.45, 7) is 7.90. The number of rotatable bonds is 14. The largest absolute Gasteiger partial charge is 0.391 e. The van der Waals surface area contributed by atoms with Gasteiger partial charge in [0.05, 0.1) is 11.5 Å². The Balaban J connectivity index is 2.01. The van der Waals surface area contributed by atoms with Crippen molar-refractivity contribution in [3.63, 3.8) is 0 Å². The van der Waals surface area contributed by atoms with Crippen molar-refractivity contribution in [2.75, 3.05) is 19.6 Å². The Labute approximate surface area is 258 Å². The van der Waals surface area contributed by atoms with Gasteiger partial charge in [-0.25, -0.2) is 0 Å². The maximum atomic E-state index is 13.8. The van der Waals surface area contributed by atoms with E-state index in [-0.39, 0.29) is 18.9 Å². The molecule has 0 saturated heterocycles. The van der Waals surface area contributed by atoms with Crippen molar-refractivity contribution in [2.45, 2.75) is 59.1 Å². The molecule has 0 aromatic heterocycles. The molecule has 0 spiro atoms. The van der Waals surface area contributed by atoms with Crippen LogP contribution in [0.1, 0.15) is 51.2 Å². The molecule has 1 unspecified atom stereocenters. The number of carbonyl (C=O) groups excluding carboxylic acids is 2. The minimum Gasteiger partial charge on any atom is -0.391 e. The maximum absolute atomic E-state index is 13.8. The standard InChI is InChI=1S/C34H42IN3O3/c1-4-11-26-18-28(32(40)38(16-5-2)17-6-3)22-34(21-26,33(36)41)30(20-25-12-8-7-9-13-25)31(39)24-37-23-27-14-10-15-29(35)19-27/h7-10,12-15,18-19,21,30-31,37,39H,5-6,16-17,20,22-24H2,1-3H3,(H2,36,41)/t30-,31+,34?/m1/s1. The zero-order valence-electron chi connectivity index (χ0n) is 24.3. The highest BCUT2D eigenvalue weighted by Crippen LogP contribution is 2.44. The number of amides is 2. The van der Waals surface area contributed by atoms with E-state index in [1.165, 1.54) is 0 Å². The van der Waals surface area contributed by atoms with Crippen LogP contribution >= 0.6 is 22.6 Å². The van der Waals surface area contributed by atoms with E-state index in [1.807, 2.05) is 67.3 Å². The Bertz CT molecular complexity index is 1310. The SMILES string of the molecule is CC#CC1=CC(C(N)=O)([C@H](Cc2ccccc2)[C@@H](O)CNCc2cccc(I)c2)CC(C(=O)N(CCC)CCC)=C1. The molecule has 0 radical (unpaired) electrons. The first-order chi connectivity index (χ1) is 19.7. The summed E-state index contributed by atoms with van der Waals surface area (Å²) >= 11 is 2.28. The molecule has 218 valence electrons. The van der Waals surface area contributed by atoms with Crippen molar-refractivity contribution in [3.05, 3.63) is 92.6 Å². The van der Waals surface area contributed by atoms with Gasteiger partial charge in [-0.15, -0.1) is 5.92 Å². The van der Waals surface area contributed by atoms with E-state index in [1.54, 1.807) is 19.1 Å². The summed E-state index contributed by atoms with van der Waals surface area (Å²) in [4.78, 5) is 29.2. The van der Waals surface area contributed by atoms with Gasteiger partial charge in [0.2, 0.25) is 11.8 Å². The van der Waals surface area contributed by atoms with E-state index >= 15 is 0 Å². The average Bonchev–Trinajstić information content (AvgIpc) is 2.96. The van der Waals surface area contributed by atoms with Gasteiger partial charge in [0.15, 0.2) is 0 Å². The van der Waals surface area contributed by atoms with Gasteiger partial charge in [-0.2, -0.15) is 0 Å². The van der Waals surface area contributed by atoms with Crippen LogP contribution in [0.25, 0.3) is 0 Å². The van der Waals surface area contributed by atoms with Crippen molar-refractivity contribution in [2.24, 2.45) is 17.1 Å². The molecule has 0 bridgehead atoms. The van der Waals surface area contributed by atoms with Crippen LogP contribution in [0.5, 0.6) is 0 Å². The lowest BCUT2D eigenvalue weighted by Gasteiger charge is -2.41. The number of allylic oxidation sites excluding steroid dienone is 2. The van der Waals surface area contributed by atoms with Gasteiger partial charge in [-0.3, -0.25) is 9.59 Å². The van der Waals surface area contributed by atoms with Gasteiger partial charge in [-0.1, -0.05) is 68.3 Å². The average molecular weight is 668 g/mol. The summed E-state index contributed by atoms with van der Waals surface area (Å²) in [5, 5.41) is 15.1. The Morgan fingerprint density at radius 1 is 1.10 bits per heavy atom. The van der Waals surface area contributed by atoms with Crippen molar-refractivity contribution in [1.82, 2.24) is 10.2 Å². The van der Waals surface area contributed by atoms with Crippen LogP contribution in [-0.4, -0.2) is 47.6 Å². The first kappa shape index (κ1) is 32.6. The molecule has 41 heavy (non-hydrogen) atoms. The highest BCUT2D eigenvalue weighted by atomic mass is 127. The molecule has 2 aromatic rings. The Morgan fingerprint density at radius 3 is 2.39 bits per heavy atom. The summed E-state index contributed by atoms with van der Waals surface area (Å²) in [5.74, 6) is 4.71. The number of hydrogen-bond acceptors (Lipinski definition) is 4. The first-order valence-corrected chi connectivity index (χ1v) is 15.4. The normalized spacial score (nSPS) is 17.9. The van der Waals surface area contributed by atoms with Gasteiger partial charge < -0.3 is 21.1 Å². The number of carbonyl (C=O) groups is 2. The van der Waals surface area contributed by atoms with Crippen LogP contribution in [0.15, 0.2) is 77.9 Å². The second-order valence-corrected chi connectivity index (χ2v) is 11.9. The number of halogens is 1. The number of benzene rings is 2. The molecule has 2 aromatic carbocycles. The molecule has 4 N–H and O–H groups in total. The molecule has 6 nitrogen and oxygen atoms in total. The number of aliphatic hydroxyl groups is 1. The fourth-order valence-corrected chi connectivity index (χ4v) is 6.21. The smallest absolute Gasteiger partial charge is 0.249 e. The van der Waals surface area contributed by atoms with E-state index < -0.39 is 23.3 Å². The Hall–Kier alpha value is -2.93. The van der Waals surface area contributed by atoms with Crippen LogP contribution in [0.2, 0.25) is 0 Å². The topological polar surface area (TPSA) is 95.7 Å². The van der Waals surface area contributed by atoms with Crippen molar-refractivity contribution < 1.29 is 14.7 Å². The van der Waals surface area contributed by atoms with Crippen LogP contribution in [0.4, 0.5) is 0 Å². The third kappa shape index (κ3) is 8.78. The summed E-state index contributed by atoms with van der Waals surface area (Å²) in [7, 11) is 0. The summed E-state index contributed by atoms with van der Waals surface area (Å²) < 4.78 is 1.14. The molecule has 1 aliphatic rings. The molecule has 0 aliphatic heterocycles. The number of nitrogens with two attached hydrogens (primary N) is 1. The lowest BCUT2D eigenvalue weighted by Crippen LogP contribution is -2.51. The summed E-state index contributed by atoms with van der Waals surface area (Å²) in [6.07, 6.45) is 4.86. The number of primary amides is 1. The van der Waals surface area contributed by atoms with E-state index in [0.29, 0.717) is 37.2 Å². The second kappa shape index (κ2) is 15.9. The molecule has 3 rings (SSSR count). The minimum absolute atomic E-state index is 0.104. The lowest BCUT2D eigenvalue weighted by molar-refractivity contribution is -0.132. The van der Waals surface area contributed by atoms with Gasteiger partial charge >= 0.3 is 0 Å². The summed E-state index contributed by atoms with van der Waals surface area (Å²) in [5.41, 5.74) is 8.09. The molecular weight excluding hydrogens is 625 g/mol. The van der Waals surface area contributed by atoms with Gasteiger partial charge in [-0.05, 0) is 84.5 Å². The van der Waals surface area contributed by atoms with Crippen molar-refractivity contribution in [1.29, 1.82) is 0 Å². The lowest BCUT2D eigenvalue weighted by atomic mass is 9.63. The summed E-state index contributed by atoms with van der Waals surface area (Å²) in [6, 6.07) is 18.0. The maximum Gasteiger partial charge on any atom is 0.249 e. The zero-order valence-corrected chi connectivity index (χ0v) is 26.5. The molecule has 0 fully saturated rings. The highest BCUT2D eigenvalue weighted by Gasteiger charge is 2.48. The molecule has 3 atom stereocenters. The Morgan fingerprint density at radius 2 is 1.78 bits per heavy atom. The van der Waals surface area contributed by atoms with Crippen LogP contribution in [-0.2, 0) is 22.6 Å². The quantitative estimate of drug-likeness (QED) is 0.195. The number of nitrogens with one attached hydrogen (secondary N) is 1. The number of aliphatic hydroxyl groups excluding tert-OH is 1. The van der Waals surface area contributed by atoms with E-state index in [4.69, 9.17) is 5.73 Å². The van der Waals surface area contributed by atoms with E-state index in [9.17, 15) is 14.7 Å².